The number of aliphatic hydroxyl groups excluding tert-OH is 2. The van der Waals surface area contributed by atoms with E-state index in [-0.39, 0.29) is 36.1 Å². The molecule has 1 heterocycles. The van der Waals surface area contributed by atoms with E-state index in [1.807, 2.05) is 6.07 Å². The quantitative estimate of drug-likeness (QED) is 0.542. The second-order valence-corrected chi connectivity index (χ2v) is 7.99. The van der Waals surface area contributed by atoms with Crippen LogP contribution in [0.1, 0.15) is 17.7 Å². The Morgan fingerprint density at radius 2 is 1.87 bits per heavy atom. The van der Waals surface area contributed by atoms with E-state index in [0.717, 1.165) is 5.56 Å². The van der Waals surface area contributed by atoms with Crippen LogP contribution in [0, 0.1) is 23.5 Å². The van der Waals surface area contributed by atoms with Crippen molar-refractivity contribution in [2.24, 2.45) is 11.8 Å². The molecule has 3 aromatic rings. The van der Waals surface area contributed by atoms with Crippen molar-refractivity contribution >= 4 is 0 Å². The molecule has 162 valence electrons. The molecular formula is C24H25F2N3O2. The summed E-state index contributed by atoms with van der Waals surface area (Å²) in [7, 11) is 0. The van der Waals surface area contributed by atoms with Gasteiger partial charge in [-0.2, -0.15) is 0 Å². The summed E-state index contributed by atoms with van der Waals surface area (Å²) in [5, 5.41) is 23.8. The number of nitrogens with one attached hydrogen (secondary N) is 1. The molecule has 0 bridgehead atoms. The van der Waals surface area contributed by atoms with Gasteiger partial charge in [0.05, 0.1) is 11.7 Å². The normalized spacial score (nSPS) is 23.2. The van der Waals surface area contributed by atoms with E-state index in [1.54, 1.807) is 36.5 Å². The molecule has 0 saturated heterocycles. The molecule has 0 unspecified atom stereocenters. The number of aliphatic hydroxyl groups is 2. The highest BCUT2D eigenvalue weighted by Crippen LogP contribution is 2.35. The van der Waals surface area contributed by atoms with Crippen LogP contribution in [-0.2, 0) is 13.0 Å². The standard InChI is InChI=1S/C24H25F2N3O2/c25-16-5-3-4-15(10-16)13-28-22-12-23(31)20(14-30)19(22)11-17-8-9-27-24(29-17)18-6-1-2-7-21(18)26/h1-10,19-20,22-23,28,30-31H,11-14H2/t19-,20-,22-,23-/m1/s1. The number of nitrogens with zero attached hydrogens (tertiary/aromatic N) is 2. The Labute approximate surface area is 179 Å². The Balaban J connectivity index is 1.53. The number of aromatic nitrogens is 2. The number of rotatable bonds is 7. The fraction of sp³-hybridized carbons (Fsp3) is 0.333. The van der Waals surface area contributed by atoms with Crippen LogP contribution >= 0.6 is 0 Å². The molecule has 31 heavy (non-hydrogen) atoms. The van der Waals surface area contributed by atoms with Crippen molar-refractivity contribution in [1.29, 1.82) is 0 Å². The zero-order valence-electron chi connectivity index (χ0n) is 17.0. The molecule has 7 heteroatoms. The van der Waals surface area contributed by atoms with E-state index in [1.165, 1.54) is 18.2 Å². The molecule has 3 N–H and O–H groups in total. The fourth-order valence-electron chi connectivity index (χ4n) is 4.40. The average Bonchev–Trinajstić information content (AvgIpc) is 3.07. The minimum Gasteiger partial charge on any atom is -0.396 e. The molecule has 1 fully saturated rings. The SMILES string of the molecule is OC[C@@H]1[C@@H](Cc2ccnc(-c3ccccc3F)n2)[C@H](NCc2cccc(F)c2)C[C@H]1O. The summed E-state index contributed by atoms with van der Waals surface area (Å²) in [4.78, 5) is 8.74. The lowest BCUT2D eigenvalue weighted by atomic mass is 9.88. The third-order valence-electron chi connectivity index (χ3n) is 6.00. The maximum absolute atomic E-state index is 14.1. The Kier molecular flexibility index (Phi) is 6.65. The molecule has 4 atom stereocenters. The summed E-state index contributed by atoms with van der Waals surface area (Å²) >= 11 is 0. The number of hydrogen-bond acceptors (Lipinski definition) is 5. The summed E-state index contributed by atoms with van der Waals surface area (Å²) in [5.41, 5.74) is 1.85. The topological polar surface area (TPSA) is 78.3 Å². The first-order chi connectivity index (χ1) is 15.0. The maximum Gasteiger partial charge on any atom is 0.162 e. The molecular weight excluding hydrogens is 400 g/mol. The largest absolute Gasteiger partial charge is 0.396 e. The summed E-state index contributed by atoms with van der Waals surface area (Å²) in [6.45, 7) is 0.309. The Morgan fingerprint density at radius 3 is 2.65 bits per heavy atom. The summed E-state index contributed by atoms with van der Waals surface area (Å²) < 4.78 is 27.6. The molecule has 0 amide bonds. The second kappa shape index (κ2) is 9.60. The predicted molar refractivity (Wildman–Crippen MR) is 113 cm³/mol. The highest BCUT2D eigenvalue weighted by atomic mass is 19.1. The van der Waals surface area contributed by atoms with Crippen LogP contribution in [0.15, 0.2) is 60.8 Å². The fourth-order valence-corrected chi connectivity index (χ4v) is 4.40. The lowest BCUT2D eigenvalue weighted by molar-refractivity contribution is 0.0716. The van der Waals surface area contributed by atoms with Gasteiger partial charge in [0.15, 0.2) is 5.82 Å². The van der Waals surface area contributed by atoms with Crippen LogP contribution in [0.2, 0.25) is 0 Å². The molecule has 0 radical (unpaired) electrons. The van der Waals surface area contributed by atoms with Gasteiger partial charge in [-0.05, 0) is 54.7 Å². The first-order valence-electron chi connectivity index (χ1n) is 10.4. The van der Waals surface area contributed by atoms with Crippen molar-refractivity contribution in [3.05, 3.63) is 83.7 Å². The zero-order valence-corrected chi connectivity index (χ0v) is 17.0. The van der Waals surface area contributed by atoms with Gasteiger partial charge in [-0.1, -0.05) is 24.3 Å². The molecule has 0 aliphatic heterocycles. The van der Waals surface area contributed by atoms with Gasteiger partial charge in [0, 0.05) is 37.0 Å². The van der Waals surface area contributed by atoms with E-state index < -0.39 is 6.10 Å². The van der Waals surface area contributed by atoms with E-state index in [9.17, 15) is 19.0 Å². The highest BCUT2D eigenvalue weighted by molar-refractivity contribution is 5.55. The van der Waals surface area contributed by atoms with Gasteiger partial charge in [0.2, 0.25) is 0 Å². The van der Waals surface area contributed by atoms with Crippen LogP contribution in [0.3, 0.4) is 0 Å². The molecule has 0 spiro atoms. The molecule has 1 saturated carbocycles. The number of hydrogen-bond donors (Lipinski definition) is 3. The molecule has 4 rings (SSSR count). The summed E-state index contributed by atoms with van der Waals surface area (Å²) in [6, 6.07) is 14.4. The van der Waals surface area contributed by atoms with E-state index in [0.29, 0.717) is 36.5 Å². The summed E-state index contributed by atoms with van der Waals surface area (Å²) in [6.07, 6.45) is 1.93. The smallest absolute Gasteiger partial charge is 0.162 e. The van der Waals surface area contributed by atoms with E-state index in [4.69, 9.17) is 0 Å². The highest BCUT2D eigenvalue weighted by Gasteiger charge is 2.42. The number of benzene rings is 2. The van der Waals surface area contributed by atoms with Gasteiger partial charge in [-0.3, -0.25) is 0 Å². The monoisotopic (exact) mass is 425 g/mol. The third-order valence-corrected chi connectivity index (χ3v) is 6.00. The maximum atomic E-state index is 14.1. The van der Waals surface area contributed by atoms with Crippen LogP contribution in [0.5, 0.6) is 0 Å². The van der Waals surface area contributed by atoms with Crippen LogP contribution in [0.25, 0.3) is 11.4 Å². The van der Waals surface area contributed by atoms with Crippen molar-refractivity contribution in [1.82, 2.24) is 15.3 Å². The van der Waals surface area contributed by atoms with Crippen molar-refractivity contribution in [3.8, 4) is 11.4 Å². The Morgan fingerprint density at radius 1 is 1.03 bits per heavy atom. The first kappa shape index (κ1) is 21.5. The Bertz CT molecular complexity index is 1030. The van der Waals surface area contributed by atoms with Gasteiger partial charge in [0.25, 0.3) is 0 Å². The zero-order chi connectivity index (χ0) is 21.8. The van der Waals surface area contributed by atoms with Gasteiger partial charge in [-0.15, -0.1) is 0 Å². The minimum atomic E-state index is -0.645. The van der Waals surface area contributed by atoms with E-state index in [2.05, 4.69) is 15.3 Å². The third kappa shape index (κ3) is 4.95. The van der Waals surface area contributed by atoms with Gasteiger partial charge in [0.1, 0.15) is 11.6 Å². The lowest BCUT2D eigenvalue weighted by Crippen LogP contribution is -2.36. The average molecular weight is 425 g/mol. The van der Waals surface area contributed by atoms with Crippen LogP contribution in [0.4, 0.5) is 8.78 Å². The van der Waals surface area contributed by atoms with Crippen molar-refractivity contribution in [3.63, 3.8) is 0 Å². The van der Waals surface area contributed by atoms with Crippen molar-refractivity contribution in [2.75, 3.05) is 6.61 Å². The molecule has 5 nitrogen and oxygen atoms in total. The summed E-state index contributed by atoms with van der Waals surface area (Å²) in [5.74, 6) is -0.774. The minimum absolute atomic E-state index is 0.0812. The molecule has 1 aromatic heterocycles. The van der Waals surface area contributed by atoms with Gasteiger partial charge >= 0.3 is 0 Å². The van der Waals surface area contributed by atoms with Gasteiger partial charge in [-0.25, -0.2) is 18.7 Å². The molecule has 1 aliphatic carbocycles. The Hall–Kier alpha value is -2.74. The van der Waals surface area contributed by atoms with Crippen LogP contribution in [-0.4, -0.2) is 38.9 Å². The first-order valence-corrected chi connectivity index (χ1v) is 10.4. The number of halogens is 2. The van der Waals surface area contributed by atoms with Crippen molar-refractivity contribution in [2.45, 2.75) is 31.5 Å². The van der Waals surface area contributed by atoms with E-state index >= 15 is 0 Å². The van der Waals surface area contributed by atoms with Crippen LogP contribution < -0.4 is 5.32 Å². The molecule has 1 aliphatic rings. The predicted octanol–water partition coefficient (Wildman–Crippen LogP) is 3.11. The molecule has 2 aromatic carbocycles. The lowest BCUT2D eigenvalue weighted by Gasteiger charge is -2.25. The van der Waals surface area contributed by atoms with Gasteiger partial charge < -0.3 is 15.5 Å². The second-order valence-electron chi connectivity index (χ2n) is 7.99. The van der Waals surface area contributed by atoms with Crippen molar-refractivity contribution < 1.29 is 19.0 Å².